The summed E-state index contributed by atoms with van der Waals surface area (Å²) in [5.41, 5.74) is 2.34. The Bertz CT molecular complexity index is 1020. The molecule has 24 heavy (non-hydrogen) atoms. The molecule has 1 N–H and O–H groups in total. The van der Waals surface area contributed by atoms with Gasteiger partial charge in [-0.15, -0.1) is 22.7 Å². The number of benzene rings is 1. The number of nitrogens with one attached hydrogen (secondary N) is 1. The Balaban J connectivity index is 1.61. The number of nitrogens with zero attached hydrogens (tertiary/aromatic N) is 2. The number of thiophene rings is 1. The number of hydrogen-bond donors (Lipinski definition) is 1. The fourth-order valence-electron chi connectivity index (χ4n) is 2.44. The lowest BCUT2D eigenvalue weighted by atomic mass is 10.2. The normalized spacial score (nSPS) is 10.9. The minimum Gasteiger partial charge on any atom is -0.320 e. The van der Waals surface area contributed by atoms with Gasteiger partial charge in [-0.2, -0.15) is 0 Å². The van der Waals surface area contributed by atoms with Gasteiger partial charge in [0.15, 0.2) is 0 Å². The van der Waals surface area contributed by atoms with Crippen LogP contribution < -0.4 is 5.32 Å². The standard InChI is InChI=1S/C18H13N3OS2/c1-11-16(24-18(20-11)15-7-4-8-23-15)17(22)21-13-9-12-5-2-3-6-14(12)19-10-13/h2-10H,1H3,(H,21,22). The minimum atomic E-state index is -0.148. The molecule has 4 nitrogen and oxygen atoms in total. The van der Waals surface area contributed by atoms with Gasteiger partial charge in [-0.3, -0.25) is 9.78 Å². The van der Waals surface area contributed by atoms with E-state index in [1.54, 1.807) is 17.5 Å². The van der Waals surface area contributed by atoms with Gasteiger partial charge in [0.1, 0.15) is 9.88 Å². The van der Waals surface area contributed by atoms with Gasteiger partial charge < -0.3 is 5.32 Å². The van der Waals surface area contributed by atoms with Crippen LogP contribution in [-0.2, 0) is 0 Å². The molecule has 0 saturated carbocycles. The predicted molar refractivity (Wildman–Crippen MR) is 99.9 cm³/mol. The lowest BCUT2D eigenvalue weighted by Gasteiger charge is -2.05. The van der Waals surface area contributed by atoms with E-state index in [1.807, 2.05) is 54.8 Å². The van der Waals surface area contributed by atoms with Crippen molar-refractivity contribution in [3.05, 3.63) is 64.6 Å². The molecule has 0 saturated heterocycles. The summed E-state index contributed by atoms with van der Waals surface area (Å²) < 4.78 is 0. The first kappa shape index (κ1) is 15.0. The summed E-state index contributed by atoms with van der Waals surface area (Å²) in [5.74, 6) is -0.148. The van der Waals surface area contributed by atoms with Gasteiger partial charge in [0.25, 0.3) is 5.91 Å². The molecule has 0 aliphatic heterocycles. The molecular weight excluding hydrogens is 338 g/mol. The zero-order valence-electron chi connectivity index (χ0n) is 12.8. The number of para-hydroxylation sites is 1. The number of aryl methyl sites for hydroxylation is 1. The van der Waals surface area contributed by atoms with Gasteiger partial charge in [-0.1, -0.05) is 24.3 Å². The van der Waals surface area contributed by atoms with Gasteiger partial charge in [-0.05, 0) is 30.5 Å². The lowest BCUT2D eigenvalue weighted by Crippen LogP contribution is -2.11. The highest BCUT2D eigenvalue weighted by Crippen LogP contribution is 2.31. The Morgan fingerprint density at radius 1 is 1.17 bits per heavy atom. The van der Waals surface area contributed by atoms with Crippen molar-refractivity contribution in [2.45, 2.75) is 6.92 Å². The van der Waals surface area contributed by atoms with E-state index in [0.717, 1.165) is 26.5 Å². The molecule has 0 atom stereocenters. The molecule has 3 aromatic heterocycles. The molecule has 0 aliphatic carbocycles. The fraction of sp³-hybridized carbons (Fsp3) is 0.0556. The molecule has 0 spiro atoms. The number of pyridine rings is 1. The molecule has 0 unspecified atom stereocenters. The zero-order valence-corrected chi connectivity index (χ0v) is 14.4. The van der Waals surface area contributed by atoms with E-state index < -0.39 is 0 Å². The van der Waals surface area contributed by atoms with Crippen LogP contribution >= 0.6 is 22.7 Å². The van der Waals surface area contributed by atoms with Crippen LogP contribution in [0, 0.1) is 6.92 Å². The molecule has 1 aromatic carbocycles. The van der Waals surface area contributed by atoms with Gasteiger partial charge in [0.2, 0.25) is 0 Å². The van der Waals surface area contributed by atoms with Crippen LogP contribution in [0.25, 0.3) is 20.8 Å². The second-order valence-corrected chi connectivity index (χ2v) is 7.23. The van der Waals surface area contributed by atoms with E-state index in [4.69, 9.17) is 0 Å². The Morgan fingerprint density at radius 2 is 2.04 bits per heavy atom. The van der Waals surface area contributed by atoms with E-state index in [-0.39, 0.29) is 5.91 Å². The van der Waals surface area contributed by atoms with Crippen LogP contribution in [0.5, 0.6) is 0 Å². The molecule has 3 heterocycles. The number of hydrogen-bond acceptors (Lipinski definition) is 5. The van der Waals surface area contributed by atoms with E-state index in [1.165, 1.54) is 11.3 Å². The van der Waals surface area contributed by atoms with Crippen molar-refractivity contribution in [2.75, 3.05) is 5.32 Å². The average Bonchev–Trinajstić information content (AvgIpc) is 3.24. The summed E-state index contributed by atoms with van der Waals surface area (Å²) in [4.78, 5) is 23.2. The van der Waals surface area contributed by atoms with Crippen LogP contribution in [0.1, 0.15) is 15.4 Å². The molecule has 4 aromatic rings. The number of fused-ring (bicyclic) bond motifs is 1. The third-order valence-corrected chi connectivity index (χ3v) is 5.78. The lowest BCUT2D eigenvalue weighted by molar-refractivity contribution is 0.103. The van der Waals surface area contributed by atoms with Crippen molar-refractivity contribution >= 4 is 45.2 Å². The molecule has 118 valence electrons. The Morgan fingerprint density at radius 3 is 2.88 bits per heavy atom. The molecule has 0 aliphatic rings. The third kappa shape index (κ3) is 2.81. The maximum Gasteiger partial charge on any atom is 0.267 e. The second-order valence-electron chi connectivity index (χ2n) is 5.28. The minimum absolute atomic E-state index is 0.148. The highest BCUT2D eigenvalue weighted by atomic mass is 32.1. The Hall–Kier alpha value is -2.57. The number of thiazole rings is 1. The molecule has 1 amide bonds. The molecule has 4 rings (SSSR count). The van der Waals surface area contributed by atoms with Crippen LogP contribution in [-0.4, -0.2) is 15.9 Å². The fourth-order valence-corrected chi connectivity index (χ4v) is 4.20. The van der Waals surface area contributed by atoms with E-state index >= 15 is 0 Å². The first-order chi connectivity index (χ1) is 11.7. The number of carbonyl (C=O) groups excluding carboxylic acids is 1. The van der Waals surface area contributed by atoms with E-state index in [9.17, 15) is 4.79 Å². The highest BCUT2D eigenvalue weighted by molar-refractivity contribution is 7.22. The first-order valence-electron chi connectivity index (χ1n) is 7.38. The number of anilines is 1. The topological polar surface area (TPSA) is 54.9 Å². The molecule has 6 heteroatoms. The van der Waals surface area contributed by atoms with Crippen molar-refractivity contribution in [1.29, 1.82) is 0 Å². The summed E-state index contributed by atoms with van der Waals surface area (Å²) in [6.07, 6.45) is 1.68. The van der Waals surface area contributed by atoms with E-state index in [0.29, 0.717) is 10.6 Å². The van der Waals surface area contributed by atoms with Crippen LogP contribution in [0.15, 0.2) is 54.0 Å². The maximum absolute atomic E-state index is 12.6. The molecule has 0 bridgehead atoms. The summed E-state index contributed by atoms with van der Waals surface area (Å²) in [6, 6.07) is 13.7. The number of aromatic nitrogens is 2. The van der Waals surface area contributed by atoms with Crippen molar-refractivity contribution < 1.29 is 4.79 Å². The van der Waals surface area contributed by atoms with Crippen LogP contribution in [0.2, 0.25) is 0 Å². The largest absolute Gasteiger partial charge is 0.320 e. The smallest absolute Gasteiger partial charge is 0.267 e. The predicted octanol–water partition coefficient (Wildman–Crippen LogP) is 4.98. The SMILES string of the molecule is Cc1nc(-c2cccs2)sc1C(=O)Nc1cnc2ccccc2c1. The van der Waals surface area contributed by atoms with Gasteiger partial charge >= 0.3 is 0 Å². The maximum atomic E-state index is 12.6. The van der Waals surface area contributed by atoms with Gasteiger partial charge in [0, 0.05) is 5.39 Å². The Kier molecular flexibility index (Phi) is 3.84. The number of amides is 1. The number of carbonyl (C=O) groups is 1. The van der Waals surface area contributed by atoms with Gasteiger partial charge in [-0.25, -0.2) is 4.98 Å². The van der Waals surface area contributed by atoms with Crippen molar-refractivity contribution in [3.63, 3.8) is 0 Å². The summed E-state index contributed by atoms with van der Waals surface area (Å²) in [5, 5.41) is 6.80. The average molecular weight is 351 g/mol. The quantitative estimate of drug-likeness (QED) is 0.566. The summed E-state index contributed by atoms with van der Waals surface area (Å²) in [6.45, 7) is 1.86. The monoisotopic (exact) mass is 351 g/mol. The van der Waals surface area contributed by atoms with Crippen LogP contribution in [0.4, 0.5) is 5.69 Å². The third-order valence-electron chi connectivity index (χ3n) is 3.58. The van der Waals surface area contributed by atoms with E-state index in [2.05, 4.69) is 15.3 Å². The molecule has 0 radical (unpaired) electrons. The summed E-state index contributed by atoms with van der Waals surface area (Å²) >= 11 is 3.04. The van der Waals surface area contributed by atoms with Crippen molar-refractivity contribution in [1.82, 2.24) is 9.97 Å². The van der Waals surface area contributed by atoms with Crippen molar-refractivity contribution in [3.8, 4) is 9.88 Å². The van der Waals surface area contributed by atoms with Crippen molar-refractivity contribution in [2.24, 2.45) is 0 Å². The van der Waals surface area contributed by atoms with Crippen LogP contribution in [0.3, 0.4) is 0 Å². The second kappa shape index (κ2) is 6.14. The highest BCUT2D eigenvalue weighted by Gasteiger charge is 2.17. The zero-order chi connectivity index (χ0) is 16.5. The number of rotatable bonds is 3. The Labute approximate surface area is 146 Å². The molecular formula is C18H13N3OS2. The summed E-state index contributed by atoms with van der Waals surface area (Å²) in [7, 11) is 0. The van der Waals surface area contributed by atoms with Gasteiger partial charge in [0.05, 0.1) is 28.0 Å². The first-order valence-corrected chi connectivity index (χ1v) is 9.08. The molecule has 0 fully saturated rings.